The molecule has 0 fully saturated rings. The summed E-state index contributed by atoms with van der Waals surface area (Å²) in [5.41, 5.74) is 8.94. The molecule has 76 valence electrons. The van der Waals surface area contributed by atoms with Gasteiger partial charge in [0.05, 0.1) is 0 Å². The lowest BCUT2D eigenvalue weighted by Crippen LogP contribution is -1.92. The van der Waals surface area contributed by atoms with E-state index in [2.05, 4.69) is 4.98 Å². The number of hydrogen-bond acceptors (Lipinski definition) is 2. The number of rotatable bonds is 1. The van der Waals surface area contributed by atoms with Gasteiger partial charge in [-0.3, -0.25) is 4.98 Å². The standard InChI is InChI=1S/C12H11FN2/c1-8-4-9(7-15-6-8)11-3-2-10(13)5-12(11)14/h2-7H,14H2,1H3. The molecule has 1 aromatic heterocycles. The minimum atomic E-state index is -0.322. The van der Waals surface area contributed by atoms with Gasteiger partial charge in [-0.05, 0) is 36.8 Å². The van der Waals surface area contributed by atoms with Crippen molar-refractivity contribution in [2.75, 3.05) is 5.73 Å². The van der Waals surface area contributed by atoms with Crippen LogP contribution in [-0.4, -0.2) is 4.98 Å². The maximum absolute atomic E-state index is 12.8. The summed E-state index contributed by atoms with van der Waals surface area (Å²) in [5, 5.41) is 0. The summed E-state index contributed by atoms with van der Waals surface area (Å²) in [5.74, 6) is -0.322. The number of halogens is 1. The summed E-state index contributed by atoms with van der Waals surface area (Å²) in [6, 6.07) is 6.35. The van der Waals surface area contributed by atoms with Crippen LogP contribution in [0.1, 0.15) is 5.56 Å². The normalized spacial score (nSPS) is 10.3. The van der Waals surface area contributed by atoms with Crippen LogP contribution in [0, 0.1) is 12.7 Å². The number of aromatic nitrogens is 1. The average molecular weight is 202 g/mol. The largest absolute Gasteiger partial charge is 0.398 e. The van der Waals surface area contributed by atoms with Crippen LogP contribution >= 0.6 is 0 Å². The fourth-order valence-electron chi connectivity index (χ4n) is 1.50. The van der Waals surface area contributed by atoms with Gasteiger partial charge >= 0.3 is 0 Å². The maximum atomic E-state index is 12.8. The van der Waals surface area contributed by atoms with Gasteiger partial charge in [-0.2, -0.15) is 0 Å². The Balaban J connectivity index is 2.54. The van der Waals surface area contributed by atoms with Gasteiger partial charge in [-0.25, -0.2) is 4.39 Å². The van der Waals surface area contributed by atoms with E-state index in [0.29, 0.717) is 5.69 Å². The van der Waals surface area contributed by atoms with Crippen molar-refractivity contribution in [3.05, 3.63) is 48.0 Å². The van der Waals surface area contributed by atoms with Gasteiger partial charge in [0, 0.05) is 29.2 Å². The molecule has 0 atom stereocenters. The lowest BCUT2D eigenvalue weighted by Gasteiger charge is -2.05. The first kappa shape index (κ1) is 9.65. The van der Waals surface area contributed by atoms with Crippen LogP contribution in [0.4, 0.5) is 10.1 Å². The molecule has 0 radical (unpaired) electrons. The Hall–Kier alpha value is -1.90. The SMILES string of the molecule is Cc1cncc(-c2ccc(F)cc2N)c1. The Morgan fingerprint density at radius 1 is 1.20 bits per heavy atom. The molecule has 1 heterocycles. The van der Waals surface area contributed by atoms with Crippen molar-refractivity contribution in [3.63, 3.8) is 0 Å². The molecule has 0 aliphatic rings. The lowest BCUT2D eigenvalue weighted by molar-refractivity contribution is 0.628. The van der Waals surface area contributed by atoms with Crippen LogP contribution in [0.3, 0.4) is 0 Å². The molecule has 2 nitrogen and oxygen atoms in total. The molecule has 15 heavy (non-hydrogen) atoms. The number of aryl methyl sites for hydroxylation is 1. The van der Waals surface area contributed by atoms with Crippen molar-refractivity contribution in [3.8, 4) is 11.1 Å². The first-order chi connectivity index (χ1) is 7.16. The summed E-state index contributed by atoms with van der Waals surface area (Å²) in [7, 11) is 0. The summed E-state index contributed by atoms with van der Waals surface area (Å²) >= 11 is 0. The first-order valence-electron chi connectivity index (χ1n) is 4.64. The fourth-order valence-corrected chi connectivity index (χ4v) is 1.50. The van der Waals surface area contributed by atoms with Gasteiger partial charge in [-0.15, -0.1) is 0 Å². The van der Waals surface area contributed by atoms with E-state index >= 15 is 0 Å². The molecule has 0 unspecified atom stereocenters. The second-order valence-electron chi connectivity index (χ2n) is 3.48. The highest BCUT2D eigenvalue weighted by Crippen LogP contribution is 2.26. The molecule has 0 bridgehead atoms. The van der Waals surface area contributed by atoms with Crippen molar-refractivity contribution in [2.45, 2.75) is 6.92 Å². The molecule has 2 rings (SSSR count). The Labute approximate surface area is 87.6 Å². The van der Waals surface area contributed by atoms with Crippen LogP contribution < -0.4 is 5.73 Å². The van der Waals surface area contributed by atoms with Crippen molar-refractivity contribution in [1.29, 1.82) is 0 Å². The number of nitrogen functional groups attached to an aromatic ring is 1. The predicted molar refractivity (Wildman–Crippen MR) is 58.8 cm³/mol. The van der Waals surface area contributed by atoms with Crippen molar-refractivity contribution >= 4 is 5.69 Å². The topological polar surface area (TPSA) is 38.9 Å². The summed E-state index contributed by atoms with van der Waals surface area (Å²) in [6.07, 6.45) is 3.49. The number of anilines is 1. The lowest BCUT2D eigenvalue weighted by atomic mass is 10.0. The van der Waals surface area contributed by atoms with Gasteiger partial charge < -0.3 is 5.73 Å². The summed E-state index contributed by atoms with van der Waals surface area (Å²) < 4.78 is 12.8. The van der Waals surface area contributed by atoms with Crippen LogP contribution in [0.2, 0.25) is 0 Å². The molecule has 3 heteroatoms. The maximum Gasteiger partial charge on any atom is 0.125 e. The van der Waals surface area contributed by atoms with E-state index in [1.807, 2.05) is 13.0 Å². The van der Waals surface area contributed by atoms with Crippen LogP contribution in [0.5, 0.6) is 0 Å². The number of benzene rings is 1. The zero-order valence-corrected chi connectivity index (χ0v) is 8.37. The third-order valence-electron chi connectivity index (χ3n) is 2.20. The molecule has 2 N–H and O–H groups in total. The van der Waals surface area contributed by atoms with E-state index in [1.54, 1.807) is 18.5 Å². The number of hydrogen-bond donors (Lipinski definition) is 1. The number of nitrogens with zero attached hydrogens (tertiary/aromatic N) is 1. The Bertz CT molecular complexity index is 495. The minimum absolute atomic E-state index is 0.322. The van der Waals surface area contributed by atoms with Gasteiger partial charge in [0.25, 0.3) is 0 Å². The second kappa shape index (κ2) is 3.69. The molecule has 0 saturated carbocycles. The van der Waals surface area contributed by atoms with E-state index < -0.39 is 0 Å². The molecular weight excluding hydrogens is 191 g/mol. The smallest absolute Gasteiger partial charge is 0.125 e. The van der Waals surface area contributed by atoms with Crippen molar-refractivity contribution in [1.82, 2.24) is 4.98 Å². The van der Waals surface area contributed by atoms with Gasteiger partial charge in [-0.1, -0.05) is 0 Å². The number of nitrogens with two attached hydrogens (primary N) is 1. The molecule has 0 saturated heterocycles. The molecule has 0 spiro atoms. The Kier molecular flexibility index (Phi) is 2.37. The van der Waals surface area contributed by atoms with Crippen LogP contribution in [0.15, 0.2) is 36.7 Å². The van der Waals surface area contributed by atoms with E-state index in [-0.39, 0.29) is 5.82 Å². The zero-order chi connectivity index (χ0) is 10.8. The monoisotopic (exact) mass is 202 g/mol. The van der Waals surface area contributed by atoms with Gasteiger partial charge in [0.1, 0.15) is 5.82 Å². The second-order valence-corrected chi connectivity index (χ2v) is 3.48. The fraction of sp³-hybridized carbons (Fsp3) is 0.0833. The first-order valence-corrected chi connectivity index (χ1v) is 4.64. The third kappa shape index (κ3) is 1.96. The van der Waals surface area contributed by atoms with Crippen molar-refractivity contribution in [2.24, 2.45) is 0 Å². The molecular formula is C12H11FN2. The highest BCUT2D eigenvalue weighted by atomic mass is 19.1. The van der Waals surface area contributed by atoms with E-state index in [0.717, 1.165) is 16.7 Å². The van der Waals surface area contributed by atoms with E-state index in [9.17, 15) is 4.39 Å². The van der Waals surface area contributed by atoms with E-state index in [1.165, 1.54) is 12.1 Å². The molecule has 0 amide bonds. The van der Waals surface area contributed by atoms with Crippen molar-refractivity contribution < 1.29 is 4.39 Å². The highest BCUT2D eigenvalue weighted by Gasteiger charge is 2.03. The highest BCUT2D eigenvalue weighted by molar-refractivity contribution is 5.75. The van der Waals surface area contributed by atoms with E-state index in [4.69, 9.17) is 5.73 Å². The summed E-state index contributed by atoms with van der Waals surface area (Å²) in [6.45, 7) is 1.95. The Morgan fingerprint density at radius 3 is 2.67 bits per heavy atom. The number of pyridine rings is 1. The Morgan fingerprint density at radius 2 is 2.00 bits per heavy atom. The third-order valence-corrected chi connectivity index (χ3v) is 2.20. The average Bonchev–Trinajstić information content (AvgIpc) is 2.17. The van der Waals surface area contributed by atoms with Crippen LogP contribution in [0.25, 0.3) is 11.1 Å². The van der Waals surface area contributed by atoms with Gasteiger partial charge in [0.2, 0.25) is 0 Å². The molecule has 1 aromatic carbocycles. The van der Waals surface area contributed by atoms with Crippen LogP contribution in [-0.2, 0) is 0 Å². The van der Waals surface area contributed by atoms with Gasteiger partial charge in [0.15, 0.2) is 0 Å². The molecule has 0 aliphatic carbocycles. The summed E-state index contributed by atoms with van der Waals surface area (Å²) in [4.78, 5) is 4.07. The minimum Gasteiger partial charge on any atom is -0.398 e. The quantitative estimate of drug-likeness (QED) is 0.722. The zero-order valence-electron chi connectivity index (χ0n) is 8.37. The molecule has 0 aliphatic heterocycles. The predicted octanol–water partition coefficient (Wildman–Crippen LogP) is 2.78. The molecule has 2 aromatic rings.